The van der Waals surface area contributed by atoms with Crippen molar-refractivity contribution in [3.05, 3.63) is 0 Å². The van der Waals surface area contributed by atoms with Gasteiger partial charge in [0.1, 0.15) is 0 Å². The predicted molar refractivity (Wildman–Crippen MR) is 114 cm³/mol. The van der Waals surface area contributed by atoms with Gasteiger partial charge in [-0.05, 0) is 0 Å². The van der Waals surface area contributed by atoms with Crippen molar-refractivity contribution in [3.8, 4) is 0 Å². The van der Waals surface area contributed by atoms with E-state index in [4.69, 9.17) is 0 Å². The summed E-state index contributed by atoms with van der Waals surface area (Å²) in [5.74, 6) is 0. The van der Waals surface area contributed by atoms with Gasteiger partial charge in [0.05, 0.1) is 0 Å². The van der Waals surface area contributed by atoms with Crippen LogP contribution in [0.25, 0.3) is 0 Å². The summed E-state index contributed by atoms with van der Waals surface area (Å²) in [6, 6.07) is 0. The Labute approximate surface area is 170 Å². The molecule has 0 aliphatic heterocycles. The summed E-state index contributed by atoms with van der Waals surface area (Å²) >= 11 is -0.988. The summed E-state index contributed by atoms with van der Waals surface area (Å²) < 4.78 is 11.5. The molecule has 0 aliphatic carbocycles. The second-order valence-corrected chi connectivity index (χ2v) is 9.94. The minimum atomic E-state index is -0.988. The van der Waals surface area contributed by atoms with E-state index in [9.17, 15) is 3.02 Å². The molecule has 0 saturated carbocycles. The molecule has 0 atom stereocenters. The maximum absolute atomic E-state index is 10.5. The average molecular weight is 461 g/mol. The normalized spacial score (nSPS) is 11.1. The fraction of sp³-hybridized carbons (Fsp3) is 1.00. The van der Waals surface area contributed by atoms with Crippen molar-refractivity contribution in [3.63, 3.8) is 0 Å². The van der Waals surface area contributed by atoms with Crippen LogP contribution in [0, 0.1) is 0 Å². The molecule has 0 aliphatic rings. The first-order valence-corrected chi connectivity index (χ1v) is 14.6. The molecule has 0 aromatic rings. The molecule has 1 nitrogen and oxygen atoms in total. The second kappa shape index (κ2) is 24.6. The van der Waals surface area contributed by atoms with Gasteiger partial charge in [0.2, 0.25) is 0 Å². The zero-order valence-corrected chi connectivity index (χ0v) is 20.0. The average Bonchev–Trinajstić information content (AvgIpc) is 2.63. The fourth-order valence-electron chi connectivity index (χ4n) is 3.61. The summed E-state index contributed by atoms with van der Waals surface area (Å²) in [6.45, 7) is 2.30. The Morgan fingerprint density at radius 3 is 0.880 bits per heavy atom. The van der Waals surface area contributed by atoms with Gasteiger partial charge in [-0.2, -0.15) is 0 Å². The molecule has 25 heavy (non-hydrogen) atoms. The van der Waals surface area contributed by atoms with Gasteiger partial charge in [0, 0.05) is 0 Å². The number of hydrogen-bond acceptors (Lipinski definition) is 1. The molecule has 0 aromatic carbocycles. The van der Waals surface area contributed by atoms with Gasteiger partial charge >= 0.3 is 99.6 Å². The Bertz CT molecular complexity index is 242. The number of hydrogen-bond donors (Lipinski definition) is 0. The van der Waals surface area contributed by atoms with Crippen LogP contribution in [0.3, 0.4) is 0 Å². The van der Waals surface area contributed by atoms with E-state index in [2.05, 4.69) is 6.92 Å². The molecule has 0 amide bonds. The van der Waals surface area contributed by atoms with E-state index in [0.717, 1.165) is 4.37 Å². The van der Waals surface area contributed by atoms with E-state index < -0.39 is 21.6 Å². The third-order valence-corrected chi connectivity index (χ3v) is 6.78. The molecule has 150 valence electrons. The molecule has 0 heterocycles. The molecule has 0 rings (SSSR count). The van der Waals surface area contributed by atoms with Crippen LogP contribution in [-0.4, -0.2) is 21.6 Å². The molecule has 0 N–H and O–H groups in total. The van der Waals surface area contributed by atoms with Gasteiger partial charge in [-0.25, -0.2) is 0 Å². The summed E-state index contributed by atoms with van der Waals surface area (Å²) in [7, 11) is 0. The topological polar surface area (TPSA) is 17.1 Å². The second-order valence-electron chi connectivity index (χ2n) is 7.92. The maximum atomic E-state index is 10.5. The Hall–Kier alpha value is 0.618. The summed E-state index contributed by atoms with van der Waals surface area (Å²) in [4.78, 5) is 0. The van der Waals surface area contributed by atoms with Crippen LogP contribution in [-0.2, 0) is 3.02 Å². The van der Waals surface area contributed by atoms with Crippen molar-refractivity contribution in [2.24, 2.45) is 0 Å². The van der Waals surface area contributed by atoms with Crippen molar-refractivity contribution in [2.45, 2.75) is 146 Å². The monoisotopic (exact) mass is 460 g/mol. The van der Waals surface area contributed by atoms with Gasteiger partial charge in [0.15, 0.2) is 0 Å². The Morgan fingerprint density at radius 1 is 0.400 bits per heavy atom. The van der Waals surface area contributed by atoms with Crippen LogP contribution in [0.4, 0.5) is 0 Å². The zero-order valence-electron chi connectivity index (χ0n) is 17.4. The summed E-state index contributed by atoms with van der Waals surface area (Å²) in [5, 5.41) is 0. The molecule has 0 radical (unpaired) electrons. The standard InChI is InChI=1S/C23H47.O.Sb/c1-3-5-7-9-11-13-15-17-19-21-23-22-20-18-16-14-12-10-8-6-4-2;;/h1,3-23H2,2H3;;. The van der Waals surface area contributed by atoms with E-state index in [1.807, 2.05) is 0 Å². The summed E-state index contributed by atoms with van der Waals surface area (Å²) in [6.07, 6.45) is 30.1. The van der Waals surface area contributed by atoms with E-state index >= 15 is 0 Å². The quantitative estimate of drug-likeness (QED) is 0.116. The predicted octanol–water partition coefficient (Wildman–Crippen LogP) is 8.67. The van der Waals surface area contributed by atoms with Crippen molar-refractivity contribution in [2.75, 3.05) is 0 Å². The van der Waals surface area contributed by atoms with Crippen molar-refractivity contribution in [1.29, 1.82) is 0 Å². The third kappa shape index (κ3) is 24.6. The van der Waals surface area contributed by atoms with Gasteiger partial charge in [-0.3, -0.25) is 0 Å². The van der Waals surface area contributed by atoms with E-state index in [-0.39, 0.29) is 0 Å². The van der Waals surface area contributed by atoms with Gasteiger partial charge in [-0.15, -0.1) is 0 Å². The molecular formula is C23H47OSb. The Kier molecular flexibility index (Phi) is 25.2. The van der Waals surface area contributed by atoms with Crippen LogP contribution >= 0.6 is 0 Å². The van der Waals surface area contributed by atoms with Gasteiger partial charge < -0.3 is 0 Å². The SMILES string of the molecule is CCCCCCCCCCCCCCCCCCCCCC[CH2][Sb]=[O]. The molecular weight excluding hydrogens is 414 g/mol. The Balaban J connectivity index is 2.95. The molecule has 0 spiro atoms. The summed E-state index contributed by atoms with van der Waals surface area (Å²) in [5.41, 5.74) is 0. The van der Waals surface area contributed by atoms with Crippen molar-refractivity contribution >= 4 is 21.6 Å². The molecule has 0 saturated heterocycles. The van der Waals surface area contributed by atoms with E-state index in [1.165, 1.54) is 135 Å². The molecule has 0 aromatic heterocycles. The van der Waals surface area contributed by atoms with Crippen molar-refractivity contribution < 1.29 is 3.02 Å². The fourth-order valence-corrected chi connectivity index (χ4v) is 4.61. The number of unbranched alkanes of at least 4 members (excludes halogenated alkanes) is 20. The van der Waals surface area contributed by atoms with Crippen LogP contribution in [0.15, 0.2) is 0 Å². The van der Waals surface area contributed by atoms with Crippen molar-refractivity contribution in [1.82, 2.24) is 0 Å². The van der Waals surface area contributed by atoms with Gasteiger partial charge in [0.25, 0.3) is 0 Å². The van der Waals surface area contributed by atoms with Crippen LogP contribution in [0.5, 0.6) is 0 Å². The van der Waals surface area contributed by atoms with Crippen LogP contribution < -0.4 is 0 Å². The first kappa shape index (κ1) is 25.6. The third-order valence-electron chi connectivity index (χ3n) is 5.35. The molecule has 0 bridgehead atoms. The molecule has 0 fully saturated rings. The molecule has 2 heteroatoms. The van der Waals surface area contributed by atoms with Crippen LogP contribution in [0.1, 0.15) is 142 Å². The van der Waals surface area contributed by atoms with Gasteiger partial charge in [-0.1, -0.05) is 71.1 Å². The first-order valence-electron chi connectivity index (χ1n) is 11.7. The minimum absolute atomic E-state index is 0.988. The Morgan fingerprint density at radius 2 is 0.640 bits per heavy atom. The zero-order chi connectivity index (χ0) is 18.3. The van der Waals surface area contributed by atoms with E-state index in [1.54, 1.807) is 0 Å². The molecule has 0 unspecified atom stereocenters. The van der Waals surface area contributed by atoms with E-state index in [0.29, 0.717) is 0 Å². The first-order chi connectivity index (χ1) is 12.4. The number of rotatable bonds is 22. The van der Waals surface area contributed by atoms with Crippen LogP contribution in [0.2, 0.25) is 4.37 Å².